The van der Waals surface area contributed by atoms with Crippen LogP contribution in [0.5, 0.6) is 5.75 Å². The number of aliphatic imine (C=N–C) groups is 1. The molecule has 2 unspecified atom stereocenters. The summed E-state index contributed by atoms with van der Waals surface area (Å²) in [4.78, 5) is 4.65. The molecule has 0 amide bonds. The Morgan fingerprint density at radius 2 is 2.13 bits per heavy atom. The van der Waals surface area contributed by atoms with Gasteiger partial charge in [-0.3, -0.25) is 4.99 Å². The Kier molecular flexibility index (Phi) is 5.42. The van der Waals surface area contributed by atoms with E-state index >= 15 is 0 Å². The summed E-state index contributed by atoms with van der Waals surface area (Å²) in [5.41, 5.74) is -0.481. The Balaban J connectivity index is 2.40. The van der Waals surface area contributed by atoms with Crippen molar-refractivity contribution in [2.75, 3.05) is 0 Å². The number of aliphatic hydroxyl groups is 1. The SMILES string of the molecule is C=CCc1ccccc1OC(C(C)(C)O)C1(CCC)C=CC=N1. The Morgan fingerprint density at radius 3 is 2.70 bits per heavy atom. The minimum absolute atomic E-state index is 0.462. The van der Waals surface area contributed by atoms with Gasteiger partial charge in [-0.1, -0.05) is 43.7 Å². The highest BCUT2D eigenvalue weighted by Crippen LogP contribution is 2.37. The maximum atomic E-state index is 10.8. The molecule has 1 aromatic rings. The van der Waals surface area contributed by atoms with Crippen molar-refractivity contribution in [1.29, 1.82) is 0 Å². The lowest BCUT2D eigenvalue weighted by molar-refractivity contribution is -0.0613. The number of rotatable bonds is 8. The molecule has 0 saturated heterocycles. The monoisotopic (exact) mass is 313 g/mol. The fourth-order valence-corrected chi connectivity index (χ4v) is 3.20. The van der Waals surface area contributed by atoms with Crippen LogP contribution < -0.4 is 4.74 Å². The first-order chi connectivity index (χ1) is 10.9. The highest BCUT2D eigenvalue weighted by Gasteiger charge is 2.47. The van der Waals surface area contributed by atoms with Crippen LogP contribution in [0.4, 0.5) is 0 Å². The number of ether oxygens (including phenoxy) is 1. The second kappa shape index (κ2) is 7.14. The van der Waals surface area contributed by atoms with E-state index in [-0.39, 0.29) is 0 Å². The number of benzene rings is 1. The summed E-state index contributed by atoms with van der Waals surface area (Å²) in [5.74, 6) is 0.783. The minimum atomic E-state index is -1.03. The zero-order chi connectivity index (χ0) is 16.9. The average Bonchev–Trinajstić information content (AvgIpc) is 2.95. The zero-order valence-corrected chi connectivity index (χ0v) is 14.3. The van der Waals surface area contributed by atoms with E-state index in [1.165, 1.54) is 0 Å². The van der Waals surface area contributed by atoms with Gasteiger partial charge in [0.2, 0.25) is 0 Å². The van der Waals surface area contributed by atoms with Crippen molar-refractivity contribution >= 4 is 6.21 Å². The molecule has 0 aliphatic carbocycles. The lowest BCUT2D eigenvalue weighted by Crippen LogP contribution is -2.54. The molecule has 3 nitrogen and oxygen atoms in total. The predicted octanol–water partition coefficient (Wildman–Crippen LogP) is 4.11. The van der Waals surface area contributed by atoms with Crippen LogP contribution in [0.1, 0.15) is 39.2 Å². The maximum absolute atomic E-state index is 10.8. The molecule has 2 rings (SSSR count). The fourth-order valence-electron chi connectivity index (χ4n) is 3.20. The molecule has 23 heavy (non-hydrogen) atoms. The number of allylic oxidation sites excluding steroid dienone is 2. The lowest BCUT2D eigenvalue weighted by Gasteiger charge is -2.41. The summed E-state index contributed by atoms with van der Waals surface area (Å²) in [6.45, 7) is 9.50. The highest BCUT2D eigenvalue weighted by atomic mass is 16.5. The Morgan fingerprint density at radius 1 is 1.39 bits per heavy atom. The molecule has 0 aromatic heterocycles. The third kappa shape index (κ3) is 3.91. The standard InChI is InChI=1S/C20H27NO2/c1-5-10-16-11-7-8-12-17(16)23-18(19(3,4)22)20(13-6-2)14-9-15-21-20/h5,7-9,11-12,14-15,18,22H,1,6,10,13H2,2-4H3. The van der Waals surface area contributed by atoms with Gasteiger partial charge in [0.05, 0.1) is 5.60 Å². The number of hydrogen-bond donors (Lipinski definition) is 1. The average molecular weight is 313 g/mol. The summed E-state index contributed by atoms with van der Waals surface area (Å²) in [7, 11) is 0. The molecular formula is C20H27NO2. The molecular weight excluding hydrogens is 286 g/mol. The molecule has 2 atom stereocenters. The lowest BCUT2D eigenvalue weighted by atomic mass is 9.80. The summed E-state index contributed by atoms with van der Waals surface area (Å²) in [6, 6.07) is 7.90. The molecule has 0 radical (unpaired) electrons. The second-order valence-electron chi connectivity index (χ2n) is 6.63. The smallest absolute Gasteiger partial charge is 0.155 e. The molecule has 0 saturated carbocycles. The Bertz CT molecular complexity index is 584. The minimum Gasteiger partial charge on any atom is -0.484 e. The molecule has 1 aromatic carbocycles. The van der Waals surface area contributed by atoms with Gasteiger partial charge >= 0.3 is 0 Å². The van der Waals surface area contributed by atoms with Crippen LogP contribution in [0.25, 0.3) is 0 Å². The molecule has 124 valence electrons. The summed E-state index contributed by atoms with van der Waals surface area (Å²) >= 11 is 0. The van der Waals surface area contributed by atoms with Crippen molar-refractivity contribution in [1.82, 2.24) is 0 Å². The molecule has 1 heterocycles. The number of hydrogen-bond acceptors (Lipinski definition) is 3. The normalized spacial score (nSPS) is 21.4. The quantitative estimate of drug-likeness (QED) is 0.734. The van der Waals surface area contributed by atoms with Gasteiger partial charge in [-0.15, -0.1) is 6.58 Å². The van der Waals surface area contributed by atoms with E-state index in [0.717, 1.165) is 30.6 Å². The van der Waals surface area contributed by atoms with E-state index in [2.05, 4.69) is 24.6 Å². The van der Waals surface area contributed by atoms with E-state index in [1.54, 1.807) is 20.1 Å². The second-order valence-corrected chi connectivity index (χ2v) is 6.63. The van der Waals surface area contributed by atoms with Gasteiger partial charge in [0.15, 0.2) is 6.10 Å². The van der Waals surface area contributed by atoms with Crippen LogP contribution in [0.2, 0.25) is 0 Å². The van der Waals surface area contributed by atoms with Crippen LogP contribution in [-0.2, 0) is 6.42 Å². The van der Waals surface area contributed by atoms with Gasteiger partial charge < -0.3 is 9.84 Å². The fraction of sp³-hybridized carbons (Fsp3) is 0.450. The van der Waals surface area contributed by atoms with Crippen LogP contribution in [0.15, 0.2) is 54.1 Å². The molecule has 0 bridgehead atoms. The third-order valence-electron chi connectivity index (χ3n) is 4.11. The Hall–Kier alpha value is -1.87. The van der Waals surface area contributed by atoms with E-state index in [1.807, 2.05) is 36.4 Å². The molecule has 1 aliphatic rings. The first-order valence-electron chi connectivity index (χ1n) is 8.24. The summed E-state index contributed by atoms with van der Waals surface area (Å²) < 4.78 is 6.34. The maximum Gasteiger partial charge on any atom is 0.155 e. The number of nitrogens with zero attached hydrogens (tertiary/aromatic N) is 1. The highest BCUT2D eigenvalue weighted by molar-refractivity contribution is 5.75. The Labute approximate surface area is 139 Å². The summed E-state index contributed by atoms with van der Waals surface area (Å²) in [5, 5.41) is 10.8. The van der Waals surface area contributed by atoms with Crippen molar-refractivity contribution in [3.63, 3.8) is 0 Å². The predicted molar refractivity (Wildman–Crippen MR) is 96.3 cm³/mol. The van der Waals surface area contributed by atoms with Crippen LogP contribution in [0.3, 0.4) is 0 Å². The molecule has 3 heteroatoms. The van der Waals surface area contributed by atoms with Crippen molar-refractivity contribution in [2.24, 2.45) is 4.99 Å². The van der Waals surface area contributed by atoms with E-state index in [4.69, 9.17) is 4.74 Å². The first-order valence-corrected chi connectivity index (χ1v) is 8.24. The van der Waals surface area contributed by atoms with Gasteiger partial charge in [-0.05, 0) is 44.4 Å². The van der Waals surface area contributed by atoms with Crippen molar-refractivity contribution in [2.45, 2.75) is 57.3 Å². The number of para-hydroxylation sites is 1. The van der Waals surface area contributed by atoms with Crippen LogP contribution >= 0.6 is 0 Å². The van der Waals surface area contributed by atoms with Gasteiger partial charge in [0, 0.05) is 6.21 Å². The van der Waals surface area contributed by atoms with Crippen LogP contribution in [0, 0.1) is 0 Å². The van der Waals surface area contributed by atoms with Crippen molar-refractivity contribution < 1.29 is 9.84 Å². The molecule has 0 fully saturated rings. The van der Waals surface area contributed by atoms with E-state index in [0.29, 0.717) is 0 Å². The van der Waals surface area contributed by atoms with E-state index in [9.17, 15) is 5.11 Å². The first kappa shape index (κ1) is 17.5. The molecule has 1 aliphatic heterocycles. The van der Waals surface area contributed by atoms with Gasteiger partial charge in [-0.25, -0.2) is 0 Å². The molecule has 0 spiro atoms. The zero-order valence-electron chi connectivity index (χ0n) is 14.3. The summed E-state index contributed by atoms with van der Waals surface area (Å²) in [6.07, 6.45) is 9.71. The van der Waals surface area contributed by atoms with Gasteiger partial charge in [0.25, 0.3) is 0 Å². The van der Waals surface area contributed by atoms with Gasteiger partial charge in [-0.2, -0.15) is 0 Å². The largest absolute Gasteiger partial charge is 0.484 e. The third-order valence-corrected chi connectivity index (χ3v) is 4.11. The van der Waals surface area contributed by atoms with Crippen molar-refractivity contribution in [3.8, 4) is 5.75 Å². The molecule has 1 N–H and O–H groups in total. The van der Waals surface area contributed by atoms with E-state index < -0.39 is 17.2 Å². The van der Waals surface area contributed by atoms with Gasteiger partial charge in [0.1, 0.15) is 11.3 Å². The van der Waals surface area contributed by atoms with Crippen molar-refractivity contribution in [3.05, 3.63) is 54.6 Å². The topological polar surface area (TPSA) is 41.8 Å². The van der Waals surface area contributed by atoms with Crippen LogP contribution in [-0.4, -0.2) is 28.6 Å².